The van der Waals surface area contributed by atoms with Crippen molar-refractivity contribution in [1.29, 1.82) is 0 Å². The number of rotatable bonds is 47. The molecular formula is C50H99NO3. The lowest BCUT2D eigenvalue weighted by atomic mass is 10.0. The van der Waals surface area contributed by atoms with Crippen molar-refractivity contribution in [1.82, 2.24) is 5.32 Å². The van der Waals surface area contributed by atoms with Crippen molar-refractivity contribution in [2.24, 2.45) is 0 Å². The molecule has 4 heteroatoms. The smallest absolute Gasteiger partial charge is 0.220 e. The maximum absolute atomic E-state index is 12.2. The predicted molar refractivity (Wildman–Crippen MR) is 239 cm³/mol. The molecule has 0 saturated carbocycles. The van der Waals surface area contributed by atoms with Crippen LogP contribution in [0.4, 0.5) is 0 Å². The Bertz CT molecular complexity index is 739. The molecule has 0 bridgehead atoms. The lowest BCUT2D eigenvalue weighted by Gasteiger charge is -2.12. The van der Waals surface area contributed by atoms with E-state index in [-0.39, 0.29) is 5.91 Å². The minimum absolute atomic E-state index is 0.103. The van der Waals surface area contributed by atoms with Crippen molar-refractivity contribution < 1.29 is 14.7 Å². The van der Waals surface area contributed by atoms with Gasteiger partial charge in [0, 0.05) is 25.8 Å². The molecule has 2 N–H and O–H groups in total. The molecule has 0 saturated heterocycles. The van der Waals surface area contributed by atoms with Crippen LogP contribution in [0.15, 0.2) is 0 Å². The maximum atomic E-state index is 12.2. The first kappa shape index (κ1) is 53.1. The first-order chi connectivity index (χ1) is 26.6. The second-order valence-corrected chi connectivity index (χ2v) is 17.5. The summed E-state index contributed by atoms with van der Waals surface area (Å²) in [6, 6.07) is 0. The van der Waals surface area contributed by atoms with Gasteiger partial charge in [-0.05, 0) is 25.7 Å². The average molecular weight is 762 g/mol. The number of nitrogens with one attached hydrogen (secondary N) is 1. The van der Waals surface area contributed by atoms with Crippen LogP contribution in [0, 0.1) is 0 Å². The second kappa shape index (κ2) is 46.5. The Morgan fingerprint density at radius 2 is 0.593 bits per heavy atom. The van der Waals surface area contributed by atoms with Crippen LogP contribution in [0.3, 0.4) is 0 Å². The quantitative estimate of drug-likeness (QED) is 0.0607. The highest BCUT2D eigenvalue weighted by Gasteiger charge is 2.07. The third kappa shape index (κ3) is 45.5. The number of aliphatic hydroxyl groups is 1. The van der Waals surface area contributed by atoms with E-state index in [1.807, 2.05) is 0 Å². The Labute approximate surface area is 339 Å². The number of aliphatic hydroxyl groups excluding tert-OH is 1. The molecule has 0 spiro atoms. The zero-order valence-corrected chi connectivity index (χ0v) is 37.2. The summed E-state index contributed by atoms with van der Waals surface area (Å²) < 4.78 is 0. The molecule has 54 heavy (non-hydrogen) atoms. The predicted octanol–water partition coefficient (Wildman–Crippen LogP) is 16.2. The SMILES string of the molecule is CCCCCCCCCCCCCCCC[C@H](O)CNC(=O)CCCCCCCCCCCCCCCC(=O)CCCCCCCCCCCCCCC. The monoisotopic (exact) mass is 762 g/mol. The van der Waals surface area contributed by atoms with E-state index in [9.17, 15) is 14.7 Å². The number of carbonyl (C=O) groups excluding carboxylic acids is 2. The van der Waals surface area contributed by atoms with Crippen molar-refractivity contribution >= 4 is 11.7 Å². The fourth-order valence-electron chi connectivity index (χ4n) is 8.01. The normalized spacial score (nSPS) is 12.1. The maximum Gasteiger partial charge on any atom is 0.220 e. The average Bonchev–Trinajstić information content (AvgIpc) is 3.17. The lowest BCUT2D eigenvalue weighted by molar-refractivity contribution is -0.121. The number of ketones is 1. The van der Waals surface area contributed by atoms with Crippen LogP contribution in [-0.4, -0.2) is 29.4 Å². The fraction of sp³-hybridized carbons (Fsp3) is 0.960. The van der Waals surface area contributed by atoms with Crippen molar-refractivity contribution in [2.75, 3.05) is 6.54 Å². The van der Waals surface area contributed by atoms with Crippen LogP contribution in [-0.2, 0) is 9.59 Å². The van der Waals surface area contributed by atoms with Crippen LogP contribution in [0.1, 0.15) is 296 Å². The van der Waals surface area contributed by atoms with Crippen LogP contribution in [0.5, 0.6) is 0 Å². The van der Waals surface area contributed by atoms with Gasteiger partial charge in [-0.1, -0.05) is 251 Å². The Balaban J connectivity index is 3.29. The Morgan fingerprint density at radius 1 is 0.352 bits per heavy atom. The number of hydrogen-bond acceptors (Lipinski definition) is 3. The molecule has 0 radical (unpaired) electrons. The van der Waals surface area contributed by atoms with E-state index in [0.29, 0.717) is 18.7 Å². The molecule has 322 valence electrons. The van der Waals surface area contributed by atoms with Gasteiger partial charge in [-0.15, -0.1) is 0 Å². The van der Waals surface area contributed by atoms with E-state index in [2.05, 4.69) is 19.2 Å². The molecular weight excluding hydrogens is 663 g/mol. The van der Waals surface area contributed by atoms with Gasteiger partial charge in [-0.3, -0.25) is 9.59 Å². The number of unbranched alkanes of at least 4 members (excludes halogenated alkanes) is 37. The van der Waals surface area contributed by atoms with Gasteiger partial charge >= 0.3 is 0 Å². The van der Waals surface area contributed by atoms with E-state index < -0.39 is 6.10 Å². The van der Waals surface area contributed by atoms with Gasteiger partial charge in [0.2, 0.25) is 5.91 Å². The van der Waals surface area contributed by atoms with Gasteiger partial charge in [0.15, 0.2) is 0 Å². The summed E-state index contributed by atoms with van der Waals surface area (Å²) in [4.78, 5) is 24.4. The molecule has 1 atom stereocenters. The third-order valence-electron chi connectivity index (χ3n) is 11.8. The van der Waals surface area contributed by atoms with Crippen molar-refractivity contribution in [3.05, 3.63) is 0 Å². The molecule has 0 fully saturated rings. The number of hydrogen-bond donors (Lipinski definition) is 2. The summed E-state index contributed by atoms with van der Waals surface area (Å²) in [5, 5.41) is 13.2. The Morgan fingerprint density at radius 3 is 0.889 bits per heavy atom. The summed E-state index contributed by atoms with van der Waals surface area (Å²) in [6.07, 6.45) is 55.5. The van der Waals surface area contributed by atoms with E-state index >= 15 is 0 Å². The van der Waals surface area contributed by atoms with Gasteiger partial charge in [0.1, 0.15) is 5.78 Å². The van der Waals surface area contributed by atoms with Gasteiger partial charge in [0.25, 0.3) is 0 Å². The third-order valence-corrected chi connectivity index (χ3v) is 11.8. The largest absolute Gasteiger partial charge is 0.391 e. The first-order valence-electron chi connectivity index (χ1n) is 25.1. The number of amides is 1. The highest BCUT2D eigenvalue weighted by Crippen LogP contribution is 2.17. The minimum atomic E-state index is -0.398. The zero-order valence-electron chi connectivity index (χ0n) is 37.2. The highest BCUT2D eigenvalue weighted by molar-refractivity contribution is 5.78. The second-order valence-electron chi connectivity index (χ2n) is 17.5. The molecule has 0 aliphatic rings. The topological polar surface area (TPSA) is 66.4 Å². The summed E-state index contributed by atoms with van der Waals surface area (Å²) in [7, 11) is 0. The van der Waals surface area contributed by atoms with Crippen LogP contribution >= 0.6 is 0 Å². The summed E-state index contributed by atoms with van der Waals surface area (Å²) in [5.41, 5.74) is 0. The van der Waals surface area contributed by atoms with Crippen molar-refractivity contribution in [2.45, 2.75) is 302 Å². The van der Waals surface area contributed by atoms with Crippen LogP contribution in [0.2, 0.25) is 0 Å². The standard InChI is InChI=1S/C50H99NO3/c1-3-5-7-9-11-13-15-17-20-25-29-33-37-41-45-49(53)47-51-50(54)46-42-38-34-30-26-22-18-21-24-28-32-36-40-44-48(52)43-39-35-31-27-23-19-16-14-12-10-8-6-4-2/h49,53H,3-47H2,1-2H3,(H,51,54)/t49-/m0/s1. The van der Waals surface area contributed by atoms with E-state index in [4.69, 9.17) is 0 Å². The number of carbonyl (C=O) groups is 2. The molecule has 0 aromatic heterocycles. The van der Waals surface area contributed by atoms with Crippen LogP contribution in [0.25, 0.3) is 0 Å². The minimum Gasteiger partial charge on any atom is -0.391 e. The zero-order chi connectivity index (χ0) is 39.3. The summed E-state index contributed by atoms with van der Waals surface area (Å²) in [5.74, 6) is 0.605. The molecule has 4 nitrogen and oxygen atoms in total. The van der Waals surface area contributed by atoms with Gasteiger partial charge in [0.05, 0.1) is 6.10 Å². The molecule has 0 aliphatic heterocycles. The van der Waals surface area contributed by atoms with E-state index in [1.54, 1.807) is 0 Å². The molecule has 1 amide bonds. The highest BCUT2D eigenvalue weighted by atomic mass is 16.3. The molecule has 0 aromatic rings. The van der Waals surface area contributed by atoms with Gasteiger partial charge in [-0.2, -0.15) is 0 Å². The summed E-state index contributed by atoms with van der Waals surface area (Å²) in [6.45, 7) is 4.98. The molecule has 0 aliphatic carbocycles. The number of Topliss-reactive ketones (excluding diaryl/α,β-unsaturated/α-hetero) is 1. The van der Waals surface area contributed by atoms with E-state index in [0.717, 1.165) is 51.4 Å². The van der Waals surface area contributed by atoms with Gasteiger partial charge < -0.3 is 10.4 Å². The first-order valence-corrected chi connectivity index (χ1v) is 25.1. The Hall–Kier alpha value is -0.900. The van der Waals surface area contributed by atoms with Crippen LogP contribution < -0.4 is 5.32 Å². The van der Waals surface area contributed by atoms with Crippen molar-refractivity contribution in [3.63, 3.8) is 0 Å². The Kier molecular flexibility index (Phi) is 45.7. The molecule has 0 heterocycles. The molecule has 0 aromatic carbocycles. The molecule has 0 rings (SSSR count). The lowest BCUT2D eigenvalue weighted by Crippen LogP contribution is -2.31. The fourth-order valence-corrected chi connectivity index (χ4v) is 8.01. The van der Waals surface area contributed by atoms with Crippen molar-refractivity contribution in [3.8, 4) is 0 Å². The molecule has 0 unspecified atom stereocenters. The van der Waals surface area contributed by atoms with Gasteiger partial charge in [-0.25, -0.2) is 0 Å². The van der Waals surface area contributed by atoms with E-state index in [1.165, 1.54) is 225 Å². The summed E-state index contributed by atoms with van der Waals surface area (Å²) >= 11 is 0.